The number of aryl methyl sites for hydroxylation is 1. The number of amides is 2. The quantitative estimate of drug-likeness (QED) is 0.620. The average Bonchev–Trinajstić information content (AvgIpc) is 3.16. The first-order valence-electron chi connectivity index (χ1n) is 9.50. The van der Waals surface area contributed by atoms with Crippen molar-refractivity contribution in [1.29, 1.82) is 0 Å². The molecule has 0 bridgehead atoms. The summed E-state index contributed by atoms with van der Waals surface area (Å²) in [4.78, 5) is 17.2. The molecule has 1 aromatic carbocycles. The van der Waals surface area contributed by atoms with Crippen molar-refractivity contribution in [2.24, 2.45) is 7.05 Å². The van der Waals surface area contributed by atoms with Gasteiger partial charge in [0.15, 0.2) is 11.5 Å². The summed E-state index contributed by atoms with van der Waals surface area (Å²) in [5, 5.41) is 12.7. The number of ether oxygens (including phenoxy) is 2. The van der Waals surface area contributed by atoms with E-state index in [1.54, 1.807) is 12.1 Å². The Labute approximate surface area is 178 Å². The maximum absolute atomic E-state index is 13.5. The summed E-state index contributed by atoms with van der Waals surface area (Å²) in [5.74, 6) is 0.617. The highest BCUT2D eigenvalue weighted by Gasteiger charge is 2.57. The van der Waals surface area contributed by atoms with Crippen LogP contribution in [0.25, 0.3) is 0 Å². The SMILES string of the molecule is COc1ccc(CCN(C)C(=O)NCCC(O)(c2nccn2C)C(F)(F)F)cc1OC. The van der Waals surface area contributed by atoms with Crippen LogP contribution in [0.5, 0.6) is 11.5 Å². The van der Waals surface area contributed by atoms with E-state index < -0.39 is 30.1 Å². The number of alkyl halides is 3. The molecule has 8 nitrogen and oxygen atoms in total. The van der Waals surface area contributed by atoms with Crippen molar-refractivity contribution < 1.29 is 32.5 Å². The molecule has 2 rings (SSSR count). The fraction of sp³-hybridized carbons (Fsp3) is 0.500. The van der Waals surface area contributed by atoms with Gasteiger partial charge in [0.1, 0.15) is 5.82 Å². The maximum Gasteiger partial charge on any atom is 0.424 e. The molecule has 2 aromatic rings. The van der Waals surface area contributed by atoms with Gasteiger partial charge in [0.25, 0.3) is 0 Å². The van der Waals surface area contributed by atoms with E-state index >= 15 is 0 Å². The van der Waals surface area contributed by atoms with E-state index in [0.717, 1.165) is 10.1 Å². The number of rotatable bonds is 9. The summed E-state index contributed by atoms with van der Waals surface area (Å²) < 4.78 is 52.1. The number of urea groups is 1. The largest absolute Gasteiger partial charge is 0.493 e. The Hall–Kier alpha value is -2.95. The predicted molar refractivity (Wildman–Crippen MR) is 107 cm³/mol. The maximum atomic E-state index is 13.5. The summed E-state index contributed by atoms with van der Waals surface area (Å²) >= 11 is 0. The lowest BCUT2D eigenvalue weighted by Crippen LogP contribution is -2.47. The number of nitrogens with zero attached hydrogens (tertiary/aromatic N) is 3. The molecule has 1 atom stereocenters. The highest BCUT2D eigenvalue weighted by molar-refractivity contribution is 5.73. The fourth-order valence-electron chi connectivity index (χ4n) is 3.06. The summed E-state index contributed by atoms with van der Waals surface area (Å²) in [7, 11) is 5.95. The van der Waals surface area contributed by atoms with E-state index in [2.05, 4.69) is 10.3 Å². The lowest BCUT2D eigenvalue weighted by molar-refractivity contribution is -0.272. The molecule has 0 aliphatic rings. The van der Waals surface area contributed by atoms with Crippen molar-refractivity contribution in [3.8, 4) is 11.5 Å². The van der Waals surface area contributed by atoms with Gasteiger partial charge in [-0.2, -0.15) is 13.2 Å². The van der Waals surface area contributed by atoms with Gasteiger partial charge in [0, 0.05) is 46.0 Å². The van der Waals surface area contributed by atoms with E-state index in [9.17, 15) is 23.1 Å². The summed E-state index contributed by atoms with van der Waals surface area (Å²) in [6.07, 6.45) is -2.73. The third-order valence-electron chi connectivity index (χ3n) is 4.95. The van der Waals surface area contributed by atoms with Crippen molar-refractivity contribution in [2.75, 3.05) is 34.4 Å². The van der Waals surface area contributed by atoms with Crippen LogP contribution in [0.15, 0.2) is 30.6 Å². The summed E-state index contributed by atoms with van der Waals surface area (Å²) in [6, 6.07) is 4.83. The monoisotopic (exact) mass is 444 g/mol. The molecule has 0 saturated carbocycles. The van der Waals surface area contributed by atoms with Crippen LogP contribution in [-0.2, 0) is 19.1 Å². The number of carbonyl (C=O) groups excluding carboxylic acids is 1. The van der Waals surface area contributed by atoms with E-state index in [4.69, 9.17) is 9.47 Å². The van der Waals surface area contributed by atoms with E-state index in [0.29, 0.717) is 24.5 Å². The molecule has 0 saturated heterocycles. The Balaban J connectivity index is 1.92. The zero-order chi connectivity index (χ0) is 23.2. The second-order valence-electron chi connectivity index (χ2n) is 7.06. The number of nitrogens with one attached hydrogen (secondary N) is 1. The van der Waals surface area contributed by atoms with Crippen molar-refractivity contribution in [1.82, 2.24) is 19.8 Å². The molecule has 31 heavy (non-hydrogen) atoms. The molecule has 11 heteroatoms. The Kier molecular flexibility index (Phi) is 7.77. The Morgan fingerprint density at radius 3 is 2.48 bits per heavy atom. The molecule has 0 fully saturated rings. The molecular formula is C20H27F3N4O4. The molecule has 2 amide bonds. The second-order valence-corrected chi connectivity index (χ2v) is 7.06. The highest BCUT2D eigenvalue weighted by atomic mass is 19.4. The highest BCUT2D eigenvalue weighted by Crippen LogP contribution is 2.40. The molecule has 1 aromatic heterocycles. The standard InChI is InChI=1S/C20H27F3N4O4/c1-26-12-10-24-17(26)19(29,20(21,22)23)8-9-25-18(28)27(2)11-7-14-5-6-15(30-3)16(13-14)31-4/h5-6,10,12-13,29H,7-9,11H2,1-4H3,(H,25,28). The lowest BCUT2D eigenvalue weighted by Gasteiger charge is -2.30. The van der Waals surface area contributed by atoms with Gasteiger partial charge in [-0.1, -0.05) is 6.07 Å². The number of hydrogen-bond acceptors (Lipinski definition) is 5. The lowest BCUT2D eigenvalue weighted by atomic mass is 9.97. The van der Waals surface area contributed by atoms with Gasteiger partial charge in [0.2, 0.25) is 5.60 Å². The molecule has 1 unspecified atom stereocenters. The van der Waals surface area contributed by atoms with Crippen LogP contribution in [0.3, 0.4) is 0 Å². The number of hydrogen-bond donors (Lipinski definition) is 2. The molecule has 0 aliphatic carbocycles. The topological polar surface area (TPSA) is 88.9 Å². The Morgan fingerprint density at radius 2 is 1.94 bits per heavy atom. The minimum absolute atomic E-state index is 0.324. The van der Waals surface area contributed by atoms with Crippen LogP contribution in [0, 0.1) is 0 Å². The third kappa shape index (κ3) is 5.60. The Morgan fingerprint density at radius 1 is 1.26 bits per heavy atom. The average molecular weight is 444 g/mol. The smallest absolute Gasteiger partial charge is 0.424 e. The van der Waals surface area contributed by atoms with Gasteiger partial charge < -0.3 is 29.4 Å². The number of likely N-dealkylation sites (N-methyl/N-ethyl adjacent to an activating group) is 1. The van der Waals surface area contributed by atoms with Crippen molar-refractivity contribution in [2.45, 2.75) is 24.6 Å². The third-order valence-corrected chi connectivity index (χ3v) is 4.95. The minimum atomic E-state index is -4.95. The van der Waals surface area contributed by atoms with Crippen LogP contribution in [0.4, 0.5) is 18.0 Å². The first-order valence-corrected chi connectivity index (χ1v) is 9.50. The van der Waals surface area contributed by atoms with Gasteiger partial charge in [-0.05, 0) is 24.1 Å². The number of aromatic nitrogens is 2. The van der Waals surface area contributed by atoms with E-state index in [1.165, 1.54) is 45.6 Å². The molecule has 172 valence electrons. The van der Waals surface area contributed by atoms with Crippen molar-refractivity contribution in [3.63, 3.8) is 0 Å². The van der Waals surface area contributed by atoms with Crippen LogP contribution >= 0.6 is 0 Å². The van der Waals surface area contributed by atoms with Gasteiger partial charge in [-0.25, -0.2) is 9.78 Å². The van der Waals surface area contributed by atoms with Crippen LogP contribution in [0.1, 0.15) is 17.8 Å². The van der Waals surface area contributed by atoms with E-state index in [1.807, 2.05) is 6.07 Å². The van der Waals surface area contributed by atoms with Crippen molar-refractivity contribution in [3.05, 3.63) is 42.0 Å². The van der Waals surface area contributed by atoms with E-state index in [-0.39, 0.29) is 6.54 Å². The van der Waals surface area contributed by atoms with Gasteiger partial charge in [-0.15, -0.1) is 0 Å². The number of carbonyl (C=O) groups is 1. The number of benzene rings is 1. The predicted octanol–water partition coefficient (Wildman–Crippen LogP) is 2.46. The number of halogens is 3. The second kappa shape index (κ2) is 9.90. The molecule has 0 spiro atoms. The van der Waals surface area contributed by atoms with Gasteiger partial charge >= 0.3 is 12.2 Å². The summed E-state index contributed by atoms with van der Waals surface area (Å²) in [6.45, 7) is -0.0629. The zero-order valence-corrected chi connectivity index (χ0v) is 17.9. The van der Waals surface area contributed by atoms with Gasteiger partial charge in [-0.3, -0.25) is 0 Å². The minimum Gasteiger partial charge on any atom is -0.493 e. The first-order chi connectivity index (χ1) is 14.5. The molecule has 0 radical (unpaired) electrons. The molecular weight excluding hydrogens is 417 g/mol. The van der Waals surface area contributed by atoms with Crippen molar-refractivity contribution >= 4 is 6.03 Å². The zero-order valence-electron chi connectivity index (χ0n) is 17.9. The van der Waals surface area contributed by atoms with Crippen LogP contribution < -0.4 is 14.8 Å². The molecule has 0 aliphatic heterocycles. The summed E-state index contributed by atoms with van der Waals surface area (Å²) in [5.41, 5.74) is -2.27. The van der Waals surface area contributed by atoms with Crippen LogP contribution in [0.2, 0.25) is 0 Å². The normalized spacial score (nSPS) is 13.4. The van der Waals surface area contributed by atoms with Gasteiger partial charge in [0.05, 0.1) is 14.2 Å². The number of imidazole rings is 1. The number of aliphatic hydroxyl groups is 1. The van der Waals surface area contributed by atoms with Crippen LogP contribution in [-0.4, -0.2) is 66.1 Å². The fourth-order valence-corrected chi connectivity index (χ4v) is 3.06. The molecule has 1 heterocycles. The molecule has 2 N–H and O–H groups in total. The number of methoxy groups -OCH3 is 2. The first kappa shape index (κ1) is 24.3. The Bertz CT molecular complexity index is 888.